The first kappa shape index (κ1) is 15.0. The van der Waals surface area contributed by atoms with Crippen LogP contribution in [0.5, 0.6) is 0 Å². The first-order valence-electron chi connectivity index (χ1n) is 6.47. The maximum absolute atomic E-state index is 12.0. The van der Waals surface area contributed by atoms with E-state index in [1.54, 1.807) is 0 Å². The molecule has 108 valence electrons. The van der Waals surface area contributed by atoms with Gasteiger partial charge in [0.25, 0.3) is 0 Å². The van der Waals surface area contributed by atoms with E-state index in [1.165, 1.54) is 7.11 Å². The molecule has 2 rings (SSSR count). The molecule has 1 amide bonds. The van der Waals surface area contributed by atoms with E-state index >= 15 is 0 Å². The normalized spacial score (nSPS) is 18.8. The van der Waals surface area contributed by atoms with Crippen LogP contribution in [0.2, 0.25) is 0 Å². The molecule has 5 nitrogen and oxygen atoms in total. The molecule has 1 unspecified atom stereocenters. The van der Waals surface area contributed by atoms with Crippen molar-refractivity contribution in [3.8, 4) is 0 Å². The van der Waals surface area contributed by atoms with Crippen molar-refractivity contribution in [1.82, 2.24) is 4.90 Å². The fraction of sp³-hybridized carbons (Fsp3) is 0.429. The summed E-state index contributed by atoms with van der Waals surface area (Å²) in [5.74, 6) is -0.392. The van der Waals surface area contributed by atoms with Gasteiger partial charge in [-0.2, -0.15) is 0 Å². The highest BCUT2D eigenvalue weighted by atomic mass is 79.9. The number of carbonyl (C=O) groups excluding carboxylic acids is 2. The van der Waals surface area contributed by atoms with Crippen molar-refractivity contribution in [1.29, 1.82) is 0 Å². The van der Waals surface area contributed by atoms with E-state index in [2.05, 4.69) is 21.2 Å². The lowest BCUT2D eigenvalue weighted by atomic mass is 10.2. The van der Waals surface area contributed by atoms with Gasteiger partial charge in [0.2, 0.25) is 5.91 Å². The van der Waals surface area contributed by atoms with E-state index in [-0.39, 0.29) is 24.5 Å². The summed E-state index contributed by atoms with van der Waals surface area (Å²) in [5, 5.41) is 2.82. The van der Waals surface area contributed by atoms with Gasteiger partial charge in [-0.15, -0.1) is 0 Å². The van der Waals surface area contributed by atoms with Crippen LogP contribution in [0.4, 0.5) is 5.69 Å². The molecule has 1 aromatic rings. The number of hydrogen-bond acceptors (Lipinski definition) is 4. The lowest BCUT2D eigenvalue weighted by molar-refractivity contribution is -0.146. The summed E-state index contributed by atoms with van der Waals surface area (Å²) in [6.07, 6.45) is 1.65. The maximum atomic E-state index is 12.0. The standard InChI is InChI=1S/C14H17BrN2O3/c1-20-14(19)12-6-3-7-17(12)9-13(18)16-11-5-2-4-10(15)8-11/h2,4-5,8,12H,3,6-7,9H2,1H3,(H,16,18). The van der Waals surface area contributed by atoms with Crippen molar-refractivity contribution < 1.29 is 14.3 Å². The maximum Gasteiger partial charge on any atom is 0.323 e. The van der Waals surface area contributed by atoms with E-state index in [1.807, 2.05) is 29.2 Å². The number of rotatable bonds is 4. The van der Waals surface area contributed by atoms with Crippen molar-refractivity contribution in [3.05, 3.63) is 28.7 Å². The lowest BCUT2D eigenvalue weighted by Crippen LogP contribution is -2.41. The molecule has 6 heteroatoms. The predicted molar refractivity (Wildman–Crippen MR) is 79.4 cm³/mol. The van der Waals surface area contributed by atoms with Gasteiger partial charge < -0.3 is 10.1 Å². The number of halogens is 1. The first-order valence-corrected chi connectivity index (χ1v) is 7.27. The number of nitrogens with one attached hydrogen (secondary N) is 1. The summed E-state index contributed by atoms with van der Waals surface area (Å²) in [4.78, 5) is 25.5. The molecule has 1 N–H and O–H groups in total. The third-order valence-corrected chi connectivity index (χ3v) is 3.79. The lowest BCUT2D eigenvalue weighted by Gasteiger charge is -2.21. The number of anilines is 1. The number of ether oxygens (including phenoxy) is 1. The van der Waals surface area contributed by atoms with Crippen molar-refractivity contribution in [2.24, 2.45) is 0 Å². The number of esters is 1. The Hall–Kier alpha value is -1.40. The Morgan fingerprint density at radius 2 is 2.30 bits per heavy atom. The Labute approximate surface area is 126 Å². The van der Waals surface area contributed by atoms with Gasteiger partial charge in [0.15, 0.2) is 0 Å². The minimum atomic E-state index is -0.298. The number of methoxy groups -OCH3 is 1. The van der Waals surface area contributed by atoms with E-state index in [0.29, 0.717) is 0 Å². The van der Waals surface area contributed by atoms with Crippen molar-refractivity contribution >= 4 is 33.5 Å². The van der Waals surface area contributed by atoms with Crippen molar-refractivity contribution in [2.75, 3.05) is 25.5 Å². The summed E-state index contributed by atoms with van der Waals surface area (Å²) in [6.45, 7) is 0.942. The molecule has 1 aliphatic heterocycles. The number of likely N-dealkylation sites (tertiary alicyclic amines) is 1. The monoisotopic (exact) mass is 340 g/mol. The molecule has 0 saturated carbocycles. The third-order valence-electron chi connectivity index (χ3n) is 3.29. The van der Waals surface area contributed by atoms with Crippen LogP contribution in [0.25, 0.3) is 0 Å². The zero-order chi connectivity index (χ0) is 14.5. The Morgan fingerprint density at radius 1 is 1.50 bits per heavy atom. The van der Waals surface area contributed by atoms with Crippen LogP contribution in [0.1, 0.15) is 12.8 Å². The molecule has 1 aliphatic rings. The summed E-state index contributed by atoms with van der Waals surface area (Å²) in [6, 6.07) is 7.11. The molecule has 1 atom stereocenters. The van der Waals surface area contributed by atoms with Crippen LogP contribution in [-0.4, -0.2) is 43.0 Å². The summed E-state index contributed by atoms with van der Waals surface area (Å²) in [5.41, 5.74) is 0.734. The first-order chi connectivity index (χ1) is 9.60. The summed E-state index contributed by atoms with van der Waals surface area (Å²) < 4.78 is 5.67. The molecule has 1 heterocycles. The number of amides is 1. The number of hydrogen-bond donors (Lipinski definition) is 1. The highest BCUT2D eigenvalue weighted by Gasteiger charge is 2.32. The Balaban J connectivity index is 1.92. The van der Waals surface area contributed by atoms with Crippen LogP contribution in [0.15, 0.2) is 28.7 Å². The number of nitrogens with zero attached hydrogens (tertiary/aromatic N) is 1. The SMILES string of the molecule is COC(=O)C1CCCN1CC(=O)Nc1cccc(Br)c1. The highest BCUT2D eigenvalue weighted by molar-refractivity contribution is 9.10. The van der Waals surface area contributed by atoms with Crippen molar-refractivity contribution in [3.63, 3.8) is 0 Å². The van der Waals surface area contributed by atoms with E-state index < -0.39 is 0 Å². The topological polar surface area (TPSA) is 58.6 Å². The van der Waals surface area contributed by atoms with Gasteiger partial charge in [0.1, 0.15) is 6.04 Å². The fourth-order valence-corrected chi connectivity index (χ4v) is 2.77. The molecule has 1 aromatic carbocycles. The highest BCUT2D eigenvalue weighted by Crippen LogP contribution is 2.19. The van der Waals surface area contributed by atoms with Crippen LogP contribution in [0, 0.1) is 0 Å². The number of benzene rings is 1. The zero-order valence-electron chi connectivity index (χ0n) is 11.3. The molecule has 0 spiro atoms. The largest absolute Gasteiger partial charge is 0.468 e. The minimum Gasteiger partial charge on any atom is -0.468 e. The zero-order valence-corrected chi connectivity index (χ0v) is 12.9. The second-order valence-corrected chi connectivity index (χ2v) is 5.63. The molecule has 0 radical (unpaired) electrons. The van der Waals surface area contributed by atoms with Gasteiger partial charge in [-0.25, -0.2) is 0 Å². The van der Waals surface area contributed by atoms with Gasteiger partial charge in [-0.3, -0.25) is 14.5 Å². The second-order valence-electron chi connectivity index (χ2n) is 4.71. The molecule has 0 bridgehead atoms. The van der Waals surface area contributed by atoms with E-state index in [4.69, 9.17) is 4.74 Å². The van der Waals surface area contributed by atoms with Crippen LogP contribution in [-0.2, 0) is 14.3 Å². The molecule has 1 saturated heterocycles. The Kier molecular flexibility index (Phi) is 5.14. The van der Waals surface area contributed by atoms with E-state index in [9.17, 15) is 9.59 Å². The van der Waals surface area contributed by atoms with E-state index in [0.717, 1.165) is 29.5 Å². The molecule has 0 aromatic heterocycles. The van der Waals surface area contributed by atoms with Gasteiger partial charge >= 0.3 is 5.97 Å². The van der Waals surface area contributed by atoms with Gasteiger partial charge in [0, 0.05) is 10.2 Å². The molecule has 1 fully saturated rings. The minimum absolute atomic E-state index is 0.126. The smallest absolute Gasteiger partial charge is 0.323 e. The average Bonchev–Trinajstić information content (AvgIpc) is 2.85. The number of carbonyl (C=O) groups is 2. The molecular weight excluding hydrogens is 324 g/mol. The van der Waals surface area contributed by atoms with Crippen LogP contribution >= 0.6 is 15.9 Å². The fourth-order valence-electron chi connectivity index (χ4n) is 2.37. The third kappa shape index (κ3) is 3.80. The van der Waals surface area contributed by atoms with Crippen molar-refractivity contribution in [2.45, 2.75) is 18.9 Å². The van der Waals surface area contributed by atoms with Gasteiger partial charge in [-0.05, 0) is 37.6 Å². The summed E-state index contributed by atoms with van der Waals surface area (Å²) in [7, 11) is 1.38. The van der Waals surface area contributed by atoms with Gasteiger partial charge in [0.05, 0.1) is 13.7 Å². The average molecular weight is 341 g/mol. The molecule has 20 heavy (non-hydrogen) atoms. The van der Waals surface area contributed by atoms with Gasteiger partial charge in [-0.1, -0.05) is 22.0 Å². The quantitative estimate of drug-likeness (QED) is 0.852. The Morgan fingerprint density at radius 3 is 3.00 bits per heavy atom. The van der Waals surface area contributed by atoms with Crippen LogP contribution in [0.3, 0.4) is 0 Å². The molecule has 0 aliphatic carbocycles. The molecular formula is C14H17BrN2O3. The van der Waals surface area contributed by atoms with Crippen LogP contribution < -0.4 is 5.32 Å². The second kappa shape index (κ2) is 6.85. The summed E-state index contributed by atoms with van der Waals surface area (Å²) >= 11 is 3.36. The predicted octanol–water partition coefficient (Wildman–Crippen LogP) is 2.02. The Bertz CT molecular complexity index is 507.